The molecule has 0 aromatic rings. The molecule has 0 rings (SSSR count). The topological polar surface area (TPSA) is 119 Å². The third kappa shape index (κ3) is 5.43. The van der Waals surface area contributed by atoms with Crippen LogP contribution in [0.15, 0.2) is 0 Å². The Morgan fingerprint density at radius 3 is 2.28 bits per heavy atom. The van der Waals surface area contributed by atoms with Gasteiger partial charge < -0.3 is 14.6 Å². The van der Waals surface area contributed by atoms with Crippen LogP contribution in [0.5, 0.6) is 0 Å². The lowest BCUT2D eigenvalue weighted by atomic mass is 10.2. The minimum atomic E-state index is -3.91. The van der Waals surface area contributed by atoms with E-state index in [0.717, 1.165) is 7.11 Å². The summed E-state index contributed by atoms with van der Waals surface area (Å²) >= 11 is 0. The molecule has 0 fully saturated rings. The monoisotopic (exact) mass is 283 g/mol. The van der Waals surface area contributed by atoms with Gasteiger partial charge in [-0.25, -0.2) is 13.1 Å². The quantitative estimate of drug-likeness (QED) is 0.546. The van der Waals surface area contributed by atoms with Crippen molar-refractivity contribution in [3.63, 3.8) is 0 Å². The summed E-state index contributed by atoms with van der Waals surface area (Å²) in [5.41, 5.74) is 0. The summed E-state index contributed by atoms with van der Waals surface area (Å²) in [5, 5.41) is 7.18. The van der Waals surface area contributed by atoms with Gasteiger partial charge in [0.05, 0.1) is 19.6 Å². The highest BCUT2D eigenvalue weighted by atomic mass is 32.2. The second kappa shape index (κ2) is 7.29. The average molecular weight is 283 g/mol. The summed E-state index contributed by atoms with van der Waals surface area (Å²) in [5.74, 6) is -2.00. The molecule has 0 aliphatic carbocycles. The molecule has 2 N–H and O–H groups in total. The van der Waals surface area contributed by atoms with Crippen LogP contribution in [0.2, 0.25) is 0 Å². The number of sulfonamides is 1. The van der Waals surface area contributed by atoms with Gasteiger partial charge in [-0.3, -0.25) is 9.59 Å². The Bertz CT molecular complexity index is 392. The van der Waals surface area contributed by atoms with E-state index in [1.54, 1.807) is 0 Å². The van der Waals surface area contributed by atoms with Crippen molar-refractivity contribution in [3.05, 3.63) is 0 Å². The van der Waals surface area contributed by atoms with Crippen molar-refractivity contribution >= 4 is 22.0 Å². The zero-order valence-corrected chi connectivity index (χ0v) is 11.2. The number of carboxylic acid groups (broad SMARTS) is 1. The molecule has 8 nitrogen and oxygen atoms in total. The van der Waals surface area contributed by atoms with Gasteiger partial charge in [0.15, 0.2) is 5.25 Å². The highest BCUT2D eigenvalue weighted by Crippen LogP contribution is 2.02. The van der Waals surface area contributed by atoms with E-state index in [1.807, 2.05) is 0 Å². The molecule has 0 saturated carbocycles. The molecule has 0 heterocycles. The number of ether oxygens (including phenoxy) is 2. The molecular formula is C9H17NO7S. The summed E-state index contributed by atoms with van der Waals surface area (Å²) in [7, 11) is -1.56. The third-order valence-corrected chi connectivity index (χ3v) is 3.94. The highest BCUT2D eigenvalue weighted by Gasteiger charge is 2.29. The maximum atomic E-state index is 11.6. The van der Waals surface area contributed by atoms with E-state index in [2.05, 4.69) is 9.46 Å². The maximum absolute atomic E-state index is 11.6. The van der Waals surface area contributed by atoms with Crippen molar-refractivity contribution in [2.45, 2.75) is 24.7 Å². The Labute approximate surface area is 105 Å². The molecule has 2 unspecified atom stereocenters. The Morgan fingerprint density at radius 2 is 1.89 bits per heavy atom. The molecule has 106 valence electrons. The van der Waals surface area contributed by atoms with Crippen LogP contribution in [0.25, 0.3) is 0 Å². The normalized spacial score (nSPS) is 14.8. The molecule has 18 heavy (non-hydrogen) atoms. The fraction of sp³-hybridized carbons (Fsp3) is 0.778. The van der Waals surface area contributed by atoms with Crippen LogP contribution in [0, 0.1) is 0 Å². The Morgan fingerprint density at radius 1 is 1.33 bits per heavy atom. The molecule has 0 bridgehead atoms. The van der Waals surface area contributed by atoms with Gasteiger partial charge in [0.1, 0.15) is 0 Å². The molecule has 0 spiro atoms. The third-order valence-electron chi connectivity index (χ3n) is 2.25. The molecular weight excluding hydrogens is 266 g/mol. The number of hydrogen-bond donors (Lipinski definition) is 2. The molecule has 0 aliphatic heterocycles. The van der Waals surface area contributed by atoms with E-state index >= 15 is 0 Å². The number of esters is 1. The van der Waals surface area contributed by atoms with Crippen LogP contribution in [0.3, 0.4) is 0 Å². The molecule has 0 amide bonds. The highest BCUT2D eigenvalue weighted by molar-refractivity contribution is 7.90. The molecule has 2 atom stereocenters. The summed E-state index contributed by atoms with van der Waals surface area (Å²) in [6.07, 6.45) is -1.15. The van der Waals surface area contributed by atoms with Crippen molar-refractivity contribution in [2.75, 3.05) is 20.8 Å². The lowest BCUT2D eigenvalue weighted by Crippen LogP contribution is -2.42. The summed E-state index contributed by atoms with van der Waals surface area (Å²) in [6.45, 7) is 0.944. The Hall–Kier alpha value is -1.19. The van der Waals surface area contributed by atoms with Crippen molar-refractivity contribution < 1.29 is 32.6 Å². The number of carbonyl (C=O) groups excluding carboxylic acids is 1. The number of aliphatic carboxylic acids is 1. The second-order valence-electron chi connectivity index (χ2n) is 3.51. The van der Waals surface area contributed by atoms with E-state index in [4.69, 9.17) is 9.84 Å². The van der Waals surface area contributed by atoms with Gasteiger partial charge in [-0.2, -0.15) is 0 Å². The zero-order valence-electron chi connectivity index (χ0n) is 10.4. The first-order valence-corrected chi connectivity index (χ1v) is 6.60. The Balaban J connectivity index is 4.50. The average Bonchev–Trinajstić information content (AvgIpc) is 2.31. The number of methoxy groups -OCH3 is 2. The smallest absolute Gasteiger partial charge is 0.325 e. The largest absolute Gasteiger partial charge is 0.481 e. The molecule has 0 aliphatic rings. The van der Waals surface area contributed by atoms with Gasteiger partial charge >= 0.3 is 11.9 Å². The van der Waals surface area contributed by atoms with E-state index in [9.17, 15) is 18.0 Å². The van der Waals surface area contributed by atoms with Crippen molar-refractivity contribution in [1.29, 1.82) is 0 Å². The van der Waals surface area contributed by atoms with Crippen LogP contribution in [-0.2, 0) is 29.1 Å². The minimum absolute atomic E-state index is 0.230. The molecule has 0 aromatic carbocycles. The second-order valence-corrected chi connectivity index (χ2v) is 5.60. The van der Waals surface area contributed by atoms with Gasteiger partial charge in [0.25, 0.3) is 0 Å². The van der Waals surface area contributed by atoms with Gasteiger partial charge in [0, 0.05) is 13.7 Å². The summed E-state index contributed by atoms with van der Waals surface area (Å²) in [4.78, 5) is 21.5. The van der Waals surface area contributed by atoms with Crippen LogP contribution in [-0.4, -0.2) is 57.6 Å². The summed E-state index contributed by atoms with van der Waals surface area (Å²) < 4.78 is 34.5. The standard InChI is InChI=1S/C9H17NO7S/c1-6(9(13)17-3)18(14,15)10-5-7(16-2)4-8(11)12/h6-7,10H,4-5H2,1-3H3,(H,11,12). The van der Waals surface area contributed by atoms with Crippen molar-refractivity contribution in [1.82, 2.24) is 4.72 Å². The van der Waals surface area contributed by atoms with Gasteiger partial charge in [-0.1, -0.05) is 0 Å². The predicted octanol–water partition coefficient (Wildman–Crippen LogP) is -1.04. The lowest BCUT2D eigenvalue weighted by Gasteiger charge is -2.16. The van der Waals surface area contributed by atoms with Crippen molar-refractivity contribution in [3.8, 4) is 0 Å². The molecule has 9 heteroatoms. The number of nitrogens with one attached hydrogen (secondary N) is 1. The van der Waals surface area contributed by atoms with Gasteiger partial charge in [-0.15, -0.1) is 0 Å². The van der Waals surface area contributed by atoms with Gasteiger partial charge in [-0.05, 0) is 6.92 Å². The molecule has 0 radical (unpaired) electrons. The van der Waals surface area contributed by atoms with E-state index in [1.165, 1.54) is 14.0 Å². The van der Waals surface area contributed by atoms with Crippen LogP contribution in [0.4, 0.5) is 0 Å². The van der Waals surface area contributed by atoms with E-state index in [-0.39, 0.29) is 13.0 Å². The van der Waals surface area contributed by atoms with E-state index in [0.29, 0.717) is 0 Å². The van der Waals surface area contributed by atoms with Crippen molar-refractivity contribution in [2.24, 2.45) is 0 Å². The fourth-order valence-electron chi connectivity index (χ4n) is 1.06. The van der Waals surface area contributed by atoms with E-state index < -0.39 is 33.3 Å². The van der Waals surface area contributed by atoms with Crippen LogP contribution in [0.1, 0.15) is 13.3 Å². The number of carbonyl (C=O) groups is 2. The fourth-order valence-corrected chi connectivity index (χ4v) is 2.08. The lowest BCUT2D eigenvalue weighted by molar-refractivity contribution is -0.140. The first-order chi connectivity index (χ1) is 8.24. The number of hydrogen-bond acceptors (Lipinski definition) is 6. The number of carboxylic acids is 1. The van der Waals surface area contributed by atoms with Gasteiger partial charge in [0.2, 0.25) is 10.0 Å². The predicted molar refractivity (Wildman–Crippen MR) is 61.5 cm³/mol. The van der Waals surface area contributed by atoms with Crippen LogP contribution >= 0.6 is 0 Å². The minimum Gasteiger partial charge on any atom is -0.481 e. The first kappa shape index (κ1) is 16.8. The summed E-state index contributed by atoms with van der Waals surface area (Å²) in [6, 6.07) is 0. The number of rotatable bonds is 8. The SMILES string of the molecule is COC(=O)C(C)S(=O)(=O)NCC(CC(=O)O)OC. The molecule has 0 saturated heterocycles. The first-order valence-electron chi connectivity index (χ1n) is 5.05. The Kier molecular flexibility index (Phi) is 6.81. The van der Waals surface area contributed by atoms with Crippen LogP contribution < -0.4 is 4.72 Å². The molecule has 0 aromatic heterocycles. The zero-order chi connectivity index (χ0) is 14.3. The maximum Gasteiger partial charge on any atom is 0.325 e.